The fourth-order valence-electron chi connectivity index (χ4n) is 2.56. The van der Waals surface area contributed by atoms with Gasteiger partial charge in [0.15, 0.2) is 0 Å². The molecule has 3 nitrogen and oxygen atoms in total. The van der Waals surface area contributed by atoms with Gasteiger partial charge in [-0.3, -0.25) is 4.90 Å². The van der Waals surface area contributed by atoms with Gasteiger partial charge in [-0.05, 0) is 32.1 Å². The zero-order valence-corrected chi connectivity index (χ0v) is 10.5. The fourth-order valence-corrected chi connectivity index (χ4v) is 2.56. The van der Waals surface area contributed by atoms with Crippen LogP contribution >= 0.6 is 0 Å². The molecule has 4 unspecified atom stereocenters. The highest BCUT2D eigenvalue weighted by molar-refractivity contribution is 4.89. The van der Waals surface area contributed by atoms with E-state index in [1.807, 2.05) is 6.92 Å². The molecule has 0 aromatic carbocycles. The number of hydrogen-bond donors (Lipinski definition) is 2. The molecule has 1 heterocycles. The average Bonchev–Trinajstić information content (AvgIpc) is 2.13. The van der Waals surface area contributed by atoms with Crippen molar-refractivity contribution in [2.75, 3.05) is 19.7 Å². The molecule has 0 radical (unpaired) electrons. The van der Waals surface area contributed by atoms with E-state index in [-0.39, 0.29) is 6.61 Å². The predicted molar refractivity (Wildman–Crippen MR) is 63.7 cm³/mol. The summed E-state index contributed by atoms with van der Waals surface area (Å²) in [5.41, 5.74) is 5.54. The van der Waals surface area contributed by atoms with Crippen LogP contribution in [0.5, 0.6) is 0 Å². The molecule has 0 aromatic rings. The molecule has 0 bridgehead atoms. The normalized spacial score (nSPS) is 37.6. The molecule has 1 aliphatic heterocycles. The zero-order valence-electron chi connectivity index (χ0n) is 10.5. The molecule has 3 heteroatoms. The second-order valence-electron chi connectivity index (χ2n) is 5.80. The van der Waals surface area contributed by atoms with E-state index in [0.717, 1.165) is 24.9 Å². The van der Waals surface area contributed by atoms with E-state index in [1.165, 1.54) is 6.42 Å². The molecule has 1 saturated heterocycles. The van der Waals surface area contributed by atoms with Crippen molar-refractivity contribution in [2.24, 2.45) is 17.6 Å². The second-order valence-corrected chi connectivity index (χ2v) is 5.80. The Hall–Kier alpha value is -0.120. The van der Waals surface area contributed by atoms with E-state index in [4.69, 9.17) is 5.73 Å². The minimum atomic E-state index is -0.467. The molecule has 0 amide bonds. The summed E-state index contributed by atoms with van der Waals surface area (Å²) in [6.07, 6.45) is 1.30. The van der Waals surface area contributed by atoms with Crippen LogP contribution in [0.1, 0.15) is 34.1 Å². The van der Waals surface area contributed by atoms with Crippen molar-refractivity contribution in [3.05, 3.63) is 0 Å². The van der Waals surface area contributed by atoms with Crippen molar-refractivity contribution in [1.29, 1.82) is 0 Å². The first-order valence-corrected chi connectivity index (χ1v) is 5.99. The Morgan fingerprint density at radius 3 is 2.53 bits per heavy atom. The number of likely N-dealkylation sites (tertiary alicyclic amines) is 1. The van der Waals surface area contributed by atoms with Gasteiger partial charge in [-0.1, -0.05) is 13.8 Å². The third-order valence-corrected chi connectivity index (χ3v) is 3.65. The summed E-state index contributed by atoms with van der Waals surface area (Å²) in [5, 5.41) is 9.19. The fraction of sp³-hybridized carbons (Fsp3) is 1.00. The quantitative estimate of drug-likeness (QED) is 0.738. The third-order valence-electron chi connectivity index (χ3n) is 3.65. The van der Waals surface area contributed by atoms with Gasteiger partial charge in [0.25, 0.3) is 0 Å². The van der Waals surface area contributed by atoms with Crippen molar-refractivity contribution in [3.8, 4) is 0 Å². The SMILES string of the molecule is CC1CC(C)C(C)N(CC(C)(N)CO)C1. The Morgan fingerprint density at radius 2 is 2.00 bits per heavy atom. The number of aliphatic hydroxyl groups excluding tert-OH is 1. The highest BCUT2D eigenvalue weighted by Gasteiger charge is 2.32. The Balaban J connectivity index is 2.59. The van der Waals surface area contributed by atoms with Gasteiger partial charge in [0.2, 0.25) is 0 Å². The number of aliphatic hydroxyl groups is 1. The molecule has 1 rings (SSSR count). The number of piperidine rings is 1. The first-order valence-electron chi connectivity index (χ1n) is 5.99. The van der Waals surface area contributed by atoms with Crippen LogP contribution in [0.2, 0.25) is 0 Å². The predicted octanol–water partition coefficient (Wildman–Crippen LogP) is 1.06. The Bertz CT molecular complexity index is 206. The Kier molecular flexibility index (Phi) is 4.15. The molecule has 0 saturated carbocycles. The summed E-state index contributed by atoms with van der Waals surface area (Å²) in [6, 6.07) is 0.579. The average molecular weight is 214 g/mol. The molecule has 0 aliphatic carbocycles. The first kappa shape index (κ1) is 12.9. The second kappa shape index (κ2) is 4.81. The van der Waals surface area contributed by atoms with E-state index in [9.17, 15) is 5.11 Å². The van der Waals surface area contributed by atoms with Crippen LogP contribution in [0, 0.1) is 11.8 Å². The summed E-state index contributed by atoms with van der Waals surface area (Å²) in [7, 11) is 0. The maximum absolute atomic E-state index is 9.19. The van der Waals surface area contributed by atoms with Gasteiger partial charge in [-0.15, -0.1) is 0 Å². The van der Waals surface area contributed by atoms with Crippen molar-refractivity contribution in [1.82, 2.24) is 4.90 Å². The van der Waals surface area contributed by atoms with E-state index in [1.54, 1.807) is 0 Å². The summed E-state index contributed by atoms with van der Waals surface area (Å²) < 4.78 is 0. The minimum absolute atomic E-state index is 0.0545. The van der Waals surface area contributed by atoms with Gasteiger partial charge in [-0.25, -0.2) is 0 Å². The van der Waals surface area contributed by atoms with E-state index in [2.05, 4.69) is 25.7 Å². The summed E-state index contributed by atoms with van der Waals surface area (Å²) in [6.45, 7) is 10.7. The molecule has 0 aromatic heterocycles. The number of nitrogens with two attached hydrogens (primary N) is 1. The van der Waals surface area contributed by atoms with Crippen molar-refractivity contribution in [2.45, 2.75) is 45.7 Å². The molecule has 4 atom stereocenters. The largest absolute Gasteiger partial charge is 0.394 e. The number of nitrogens with zero attached hydrogens (tertiary/aromatic N) is 1. The van der Waals surface area contributed by atoms with Gasteiger partial charge in [0.1, 0.15) is 0 Å². The van der Waals surface area contributed by atoms with Crippen molar-refractivity contribution in [3.63, 3.8) is 0 Å². The molecule has 1 fully saturated rings. The highest BCUT2D eigenvalue weighted by Crippen LogP contribution is 2.27. The van der Waals surface area contributed by atoms with Crippen LogP contribution in [0.15, 0.2) is 0 Å². The van der Waals surface area contributed by atoms with Gasteiger partial charge >= 0.3 is 0 Å². The zero-order chi connectivity index (χ0) is 11.6. The van der Waals surface area contributed by atoms with Crippen LogP contribution < -0.4 is 5.73 Å². The summed E-state index contributed by atoms with van der Waals surface area (Å²) >= 11 is 0. The van der Waals surface area contributed by atoms with Gasteiger partial charge in [-0.2, -0.15) is 0 Å². The van der Waals surface area contributed by atoms with Crippen LogP contribution in [0.3, 0.4) is 0 Å². The molecule has 1 aliphatic rings. The Labute approximate surface area is 93.6 Å². The smallest absolute Gasteiger partial charge is 0.0621 e. The summed E-state index contributed by atoms with van der Waals surface area (Å²) in [4.78, 5) is 2.43. The van der Waals surface area contributed by atoms with Crippen LogP contribution in [-0.2, 0) is 0 Å². The maximum Gasteiger partial charge on any atom is 0.0621 e. The van der Waals surface area contributed by atoms with Crippen molar-refractivity contribution >= 4 is 0 Å². The first-order chi connectivity index (χ1) is 6.85. The molecular formula is C12H26N2O. The lowest BCUT2D eigenvalue weighted by molar-refractivity contribution is 0.0477. The minimum Gasteiger partial charge on any atom is -0.394 e. The van der Waals surface area contributed by atoms with E-state index < -0.39 is 5.54 Å². The van der Waals surface area contributed by atoms with E-state index in [0.29, 0.717) is 6.04 Å². The number of hydrogen-bond acceptors (Lipinski definition) is 3. The van der Waals surface area contributed by atoms with Crippen LogP contribution in [0.25, 0.3) is 0 Å². The Morgan fingerprint density at radius 1 is 1.40 bits per heavy atom. The topological polar surface area (TPSA) is 49.5 Å². The monoisotopic (exact) mass is 214 g/mol. The standard InChI is InChI=1S/C12H26N2O/c1-9-5-10(2)11(3)14(6-9)7-12(4,13)8-15/h9-11,15H,5-8,13H2,1-4H3. The lowest BCUT2D eigenvalue weighted by Crippen LogP contribution is -2.56. The van der Waals surface area contributed by atoms with Gasteiger partial charge in [0, 0.05) is 24.7 Å². The molecule has 15 heavy (non-hydrogen) atoms. The summed E-state index contributed by atoms with van der Waals surface area (Å²) in [5.74, 6) is 1.47. The highest BCUT2D eigenvalue weighted by atomic mass is 16.3. The molecular weight excluding hydrogens is 188 g/mol. The molecule has 3 N–H and O–H groups in total. The number of rotatable bonds is 3. The molecule has 0 spiro atoms. The van der Waals surface area contributed by atoms with Crippen LogP contribution in [0.4, 0.5) is 0 Å². The lowest BCUT2D eigenvalue weighted by Gasteiger charge is -2.44. The van der Waals surface area contributed by atoms with Gasteiger partial charge in [0.05, 0.1) is 6.61 Å². The maximum atomic E-state index is 9.19. The van der Waals surface area contributed by atoms with Crippen LogP contribution in [-0.4, -0.2) is 41.3 Å². The third kappa shape index (κ3) is 3.44. The molecule has 90 valence electrons. The van der Waals surface area contributed by atoms with Crippen molar-refractivity contribution < 1.29 is 5.11 Å². The van der Waals surface area contributed by atoms with E-state index >= 15 is 0 Å². The van der Waals surface area contributed by atoms with Gasteiger partial charge < -0.3 is 10.8 Å². The lowest BCUT2D eigenvalue weighted by atomic mass is 9.85.